The van der Waals surface area contributed by atoms with Crippen molar-refractivity contribution < 1.29 is 19.9 Å². The van der Waals surface area contributed by atoms with Crippen LogP contribution in [0, 0.1) is 10.1 Å². The molecule has 1 amide bonds. The third-order valence-electron chi connectivity index (χ3n) is 2.60. The summed E-state index contributed by atoms with van der Waals surface area (Å²) in [6, 6.07) is 3.30. The average molecular weight is 269 g/mol. The van der Waals surface area contributed by atoms with Crippen LogP contribution in [0.1, 0.15) is 28.4 Å². The number of carbonyl (C=O) groups excluding carboxylic acids is 1. The summed E-state index contributed by atoms with van der Waals surface area (Å²) in [5, 5.41) is 30.2. The quantitative estimate of drug-likeness (QED) is 0.401. The summed E-state index contributed by atoms with van der Waals surface area (Å²) < 4.78 is 0. The number of nitrogens with two attached hydrogens (primary N) is 2. The highest BCUT2D eigenvalue weighted by Gasteiger charge is 2.22. The second-order valence-electron chi connectivity index (χ2n) is 4.02. The molecule has 8 heteroatoms. The van der Waals surface area contributed by atoms with Crippen molar-refractivity contribution in [3.63, 3.8) is 0 Å². The fourth-order valence-electron chi connectivity index (χ4n) is 1.60. The smallest absolute Gasteiger partial charge is 0.270 e. The van der Waals surface area contributed by atoms with Gasteiger partial charge in [-0.15, -0.1) is 0 Å². The van der Waals surface area contributed by atoms with Gasteiger partial charge in [0, 0.05) is 17.7 Å². The molecule has 0 radical (unpaired) electrons. The summed E-state index contributed by atoms with van der Waals surface area (Å²) in [7, 11) is 0. The summed E-state index contributed by atoms with van der Waals surface area (Å²) >= 11 is 0. The summed E-state index contributed by atoms with van der Waals surface area (Å²) in [5.74, 6) is -0.856. The van der Waals surface area contributed by atoms with Crippen LogP contribution in [0.15, 0.2) is 18.2 Å². The lowest BCUT2D eigenvalue weighted by Crippen LogP contribution is -2.22. The van der Waals surface area contributed by atoms with Gasteiger partial charge in [0.2, 0.25) is 5.91 Å². The van der Waals surface area contributed by atoms with Crippen LogP contribution in [0.3, 0.4) is 0 Å². The molecule has 1 aromatic rings. The number of primary amides is 1. The third kappa shape index (κ3) is 3.71. The maximum Gasteiger partial charge on any atom is 0.270 e. The minimum Gasteiger partial charge on any atom is -0.390 e. The highest BCUT2D eigenvalue weighted by molar-refractivity contribution is 5.93. The standard InChI is InChI=1S/C11H15N3O5/c12-2-1-9(15)10(16)6-3-7(11(13)17)5-8(4-6)14(18)19/h3-5,9-10,15-16H,1-2,12H2,(H2,13,17). The van der Waals surface area contributed by atoms with Gasteiger partial charge >= 0.3 is 0 Å². The van der Waals surface area contributed by atoms with E-state index in [0.29, 0.717) is 0 Å². The average Bonchev–Trinajstić information content (AvgIpc) is 2.37. The van der Waals surface area contributed by atoms with Gasteiger partial charge in [-0.05, 0) is 24.6 Å². The number of hydrogen-bond donors (Lipinski definition) is 4. The van der Waals surface area contributed by atoms with E-state index in [4.69, 9.17) is 11.5 Å². The molecule has 0 aliphatic heterocycles. The Bertz CT molecular complexity index is 459. The van der Waals surface area contributed by atoms with Gasteiger partial charge in [-0.25, -0.2) is 0 Å². The van der Waals surface area contributed by atoms with Crippen LogP contribution in [0.25, 0.3) is 0 Å². The number of nitro groups is 1. The van der Waals surface area contributed by atoms with Crippen molar-refractivity contribution >= 4 is 11.6 Å². The molecule has 1 rings (SSSR count). The monoisotopic (exact) mass is 269 g/mol. The van der Waals surface area contributed by atoms with Gasteiger partial charge in [0.25, 0.3) is 5.69 Å². The predicted molar refractivity (Wildman–Crippen MR) is 66.3 cm³/mol. The molecule has 0 saturated heterocycles. The van der Waals surface area contributed by atoms with Crippen molar-refractivity contribution in [1.29, 1.82) is 0 Å². The largest absolute Gasteiger partial charge is 0.390 e. The van der Waals surface area contributed by atoms with Crippen LogP contribution in [0.4, 0.5) is 5.69 Å². The van der Waals surface area contributed by atoms with Gasteiger partial charge in [0.15, 0.2) is 0 Å². The lowest BCUT2D eigenvalue weighted by atomic mass is 9.99. The van der Waals surface area contributed by atoms with Gasteiger partial charge in [0.05, 0.1) is 11.0 Å². The van der Waals surface area contributed by atoms with Crippen LogP contribution in [0.2, 0.25) is 0 Å². The first-order valence-corrected chi connectivity index (χ1v) is 5.52. The molecule has 1 aromatic carbocycles. The van der Waals surface area contributed by atoms with Gasteiger partial charge in [-0.1, -0.05) is 0 Å². The van der Waals surface area contributed by atoms with E-state index >= 15 is 0 Å². The Balaban J connectivity index is 3.19. The number of benzene rings is 1. The first kappa shape index (κ1) is 15.0. The lowest BCUT2D eigenvalue weighted by molar-refractivity contribution is -0.385. The summed E-state index contributed by atoms with van der Waals surface area (Å²) in [6.07, 6.45) is -2.43. The topological polar surface area (TPSA) is 153 Å². The predicted octanol–water partition coefficient (Wildman–Crippen LogP) is -0.563. The Morgan fingerprint density at radius 1 is 1.37 bits per heavy atom. The molecule has 0 heterocycles. The maximum absolute atomic E-state index is 11.1. The van der Waals surface area contributed by atoms with Crippen molar-refractivity contribution in [2.75, 3.05) is 6.54 Å². The van der Waals surface area contributed by atoms with E-state index in [-0.39, 0.29) is 29.8 Å². The number of aliphatic hydroxyl groups is 2. The number of hydrogen-bond acceptors (Lipinski definition) is 6. The van der Waals surface area contributed by atoms with Gasteiger partial charge < -0.3 is 21.7 Å². The molecule has 0 spiro atoms. The number of aliphatic hydroxyl groups excluding tert-OH is 2. The number of amides is 1. The summed E-state index contributed by atoms with van der Waals surface area (Å²) in [5.41, 5.74) is 9.86. The van der Waals surface area contributed by atoms with Crippen LogP contribution < -0.4 is 11.5 Å². The molecule has 0 aliphatic rings. The van der Waals surface area contributed by atoms with Crippen LogP contribution in [0.5, 0.6) is 0 Å². The molecule has 0 aliphatic carbocycles. The lowest BCUT2D eigenvalue weighted by Gasteiger charge is -2.17. The number of rotatable bonds is 6. The Hall–Kier alpha value is -2.03. The van der Waals surface area contributed by atoms with Crippen molar-refractivity contribution in [1.82, 2.24) is 0 Å². The van der Waals surface area contributed by atoms with E-state index in [1.165, 1.54) is 6.07 Å². The van der Waals surface area contributed by atoms with E-state index in [9.17, 15) is 25.1 Å². The van der Waals surface area contributed by atoms with Crippen molar-refractivity contribution in [3.8, 4) is 0 Å². The summed E-state index contributed by atoms with van der Waals surface area (Å²) in [4.78, 5) is 21.1. The van der Waals surface area contributed by atoms with Crippen LogP contribution >= 0.6 is 0 Å². The number of nitrogens with zero attached hydrogens (tertiary/aromatic N) is 1. The number of nitro benzene ring substituents is 1. The number of non-ortho nitro benzene ring substituents is 1. The third-order valence-corrected chi connectivity index (χ3v) is 2.60. The molecule has 0 bridgehead atoms. The SMILES string of the molecule is NCCC(O)C(O)c1cc(C(N)=O)cc([N+](=O)[O-])c1. The Labute approximate surface area is 108 Å². The zero-order valence-electron chi connectivity index (χ0n) is 10.0. The van der Waals surface area contributed by atoms with E-state index in [2.05, 4.69) is 0 Å². The highest BCUT2D eigenvalue weighted by atomic mass is 16.6. The molecule has 2 unspecified atom stereocenters. The Morgan fingerprint density at radius 3 is 2.47 bits per heavy atom. The van der Waals surface area contributed by atoms with E-state index in [0.717, 1.165) is 12.1 Å². The second-order valence-corrected chi connectivity index (χ2v) is 4.02. The molecule has 8 nitrogen and oxygen atoms in total. The van der Waals surface area contributed by atoms with Crippen molar-refractivity contribution in [3.05, 3.63) is 39.4 Å². The van der Waals surface area contributed by atoms with Gasteiger partial charge in [-0.3, -0.25) is 14.9 Å². The van der Waals surface area contributed by atoms with Crippen molar-refractivity contribution in [2.24, 2.45) is 11.5 Å². The first-order valence-electron chi connectivity index (χ1n) is 5.52. The van der Waals surface area contributed by atoms with Crippen LogP contribution in [-0.2, 0) is 0 Å². The minimum absolute atomic E-state index is 0.0453. The molecule has 0 saturated carbocycles. The first-order chi connectivity index (χ1) is 8.86. The fraction of sp³-hybridized carbons (Fsp3) is 0.364. The molecule has 19 heavy (non-hydrogen) atoms. The zero-order valence-corrected chi connectivity index (χ0v) is 10.0. The molecular weight excluding hydrogens is 254 g/mol. The fourth-order valence-corrected chi connectivity index (χ4v) is 1.60. The zero-order chi connectivity index (χ0) is 14.6. The van der Waals surface area contributed by atoms with Crippen molar-refractivity contribution in [2.45, 2.75) is 18.6 Å². The normalized spacial score (nSPS) is 13.8. The molecule has 2 atom stereocenters. The highest BCUT2D eigenvalue weighted by Crippen LogP contribution is 2.25. The van der Waals surface area contributed by atoms with E-state index in [1.54, 1.807) is 0 Å². The molecule has 0 aromatic heterocycles. The van der Waals surface area contributed by atoms with Crippen LogP contribution in [-0.4, -0.2) is 33.7 Å². The van der Waals surface area contributed by atoms with Gasteiger partial charge in [-0.2, -0.15) is 0 Å². The molecule has 0 fully saturated rings. The molecular formula is C11H15N3O5. The number of carbonyl (C=O) groups is 1. The van der Waals surface area contributed by atoms with E-state index in [1.807, 2.05) is 0 Å². The minimum atomic E-state index is -1.37. The molecule has 6 N–H and O–H groups in total. The Morgan fingerprint density at radius 2 is 2.00 bits per heavy atom. The molecule has 104 valence electrons. The Kier molecular flexibility index (Phi) is 4.93. The summed E-state index contributed by atoms with van der Waals surface area (Å²) in [6.45, 7) is 0.149. The maximum atomic E-state index is 11.1. The second kappa shape index (κ2) is 6.23. The van der Waals surface area contributed by atoms with E-state index < -0.39 is 23.0 Å². The van der Waals surface area contributed by atoms with Gasteiger partial charge in [0.1, 0.15) is 6.10 Å².